The molecule has 6 heteroatoms. The number of rotatable bonds is 3. The van der Waals surface area contributed by atoms with Crippen LogP contribution in [0.5, 0.6) is 0 Å². The minimum atomic E-state index is -0.157. The Balaban J connectivity index is 2.58. The number of nitrogens with zero attached hydrogens (tertiary/aromatic N) is 2. The van der Waals surface area contributed by atoms with Gasteiger partial charge in [-0.3, -0.25) is 0 Å². The van der Waals surface area contributed by atoms with Crippen molar-refractivity contribution in [1.29, 1.82) is 10.5 Å². The van der Waals surface area contributed by atoms with Gasteiger partial charge in [0.15, 0.2) is 0 Å². The summed E-state index contributed by atoms with van der Waals surface area (Å²) in [4.78, 5) is 0. The van der Waals surface area contributed by atoms with Crippen LogP contribution in [0.2, 0.25) is 0 Å². The van der Waals surface area contributed by atoms with Gasteiger partial charge in [-0.2, -0.15) is 10.5 Å². The molecule has 0 heterocycles. The van der Waals surface area contributed by atoms with Crippen LogP contribution >= 0.6 is 34.8 Å². The lowest BCUT2D eigenvalue weighted by atomic mass is 10.0. The second-order valence-corrected chi connectivity index (χ2v) is 5.65. The summed E-state index contributed by atoms with van der Waals surface area (Å²) in [6.07, 6.45) is 0. The third-order valence-corrected chi connectivity index (χ3v) is 4.40. The molecule has 0 unspecified atom stereocenters. The standard InChI is InChI=1S/C16H10Cl3N3/c1-22-8-9-2-4-10(5-3-9)12-14(17)13(11(6-20)7-21)16(19)15(12)18/h2-5,22H,8H2,1H3. The summed E-state index contributed by atoms with van der Waals surface area (Å²) >= 11 is 18.7. The number of hydrogen-bond donors (Lipinski definition) is 1. The molecular formula is C16H10Cl3N3. The summed E-state index contributed by atoms with van der Waals surface area (Å²) in [5, 5.41) is 21.7. The Bertz CT molecular complexity index is 771. The van der Waals surface area contributed by atoms with Gasteiger partial charge in [0, 0.05) is 17.7 Å². The highest BCUT2D eigenvalue weighted by Crippen LogP contribution is 2.48. The first-order valence-electron chi connectivity index (χ1n) is 6.29. The molecule has 0 saturated carbocycles. The van der Waals surface area contributed by atoms with Crippen molar-refractivity contribution in [2.24, 2.45) is 0 Å². The zero-order valence-electron chi connectivity index (χ0n) is 11.5. The summed E-state index contributed by atoms with van der Waals surface area (Å²) in [6.45, 7) is 0.746. The van der Waals surface area contributed by atoms with Crippen LogP contribution in [0.3, 0.4) is 0 Å². The second kappa shape index (κ2) is 7.01. The zero-order valence-corrected chi connectivity index (χ0v) is 13.8. The van der Waals surface area contributed by atoms with E-state index < -0.39 is 0 Å². The lowest BCUT2D eigenvalue weighted by molar-refractivity contribution is 0.818. The van der Waals surface area contributed by atoms with Gasteiger partial charge < -0.3 is 5.32 Å². The van der Waals surface area contributed by atoms with E-state index in [9.17, 15) is 0 Å². The minimum Gasteiger partial charge on any atom is -0.316 e. The molecule has 2 rings (SSSR count). The Morgan fingerprint density at radius 1 is 1.00 bits per heavy atom. The van der Waals surface area contributed by atoms with Gasteiger partial charge in [0.05, 0.1) is 15.1 Å². The summed E-state index contributed by atoms with van der Waals surface area (Å²) in [5.74, 6) is 0. The quantitative estimate of drug-likeness (QED) is 0.822. The predicted octanol–water partition coefficient (Wildman–Crippen LogP) is 4.40. The molecule has 1 aliphatic rings. The Hall–Kier alpha value is -1.75. The molecule has 0 radical (unpaired) electrons. The number of hydrogen-bond acceptors (Lipinski definition) is 3. The van der Waals surface area contributed by atoms with E-state index in [-0.39, 0.29) is 26.2 Å². The molecule has 1 N–H and O–H groups in total. The van der Waals surface area contributed by atoms with Crippen LogP contribution in [0.25, 0.3) is 5.57 Å². The van der Waals surface area contributed by atoms with E-state index in [1.807, 2.05) is 31.3 Å². The molecule has 110 valence electrons. The van der Waals surface area contributed by atoms with Gasteiger partial charge in [-0.1, -0.05) is 59.1 Å². The summed E-state index contributed by atoms with van der Waals surface area (Å²) in [5.41, 5.74) is 2.45. The van der Waals surface area contributed by atoms with E-state index >= 15 is 0 Å². The maximum absolute atomic E-state index is 9.02. The fourth-order valence-corrected chi connectivity index (χ4v) is 3.21. The summed E-state index contributed by atoms with van der Waals surface area (Å²) in [7, 11) is 1.87. The Labute approximate surface area is 143 Å². The fourth-order valence-electron chi connectivity index (χ4n) is 2.14. The smallest absolute Gasteiger partial charge is 0.139 e. The van der Waals surface area contributed by atoms with E-state index in [2.05, 4.69) is 5.32 Å². The topological polar surface area (TPSA) is 59.6 Å². The highest BCUT2D eigenvalue weighted by Gasteiger charge is 2.30. The number of nitrogens with one attached hydrogen (secondary N) is 1. The fraction of sp³-hybridized carbons (Fsp3) is 0.125. The molecule has 1 aliphatic carbocycles. The lowest BCUT2D eigenvalue weighted by Gasteiger charge is -2.06. The SMILES string of the molecule is CNCc1ccc(C2=C(Cl)C(=C(C#N)C#N)C(Cl)=C2Cl)cc1. The Morgan fingerprint density at radius 3 is 2.09 bits per heavy atom. The van der Waals surface area contributed by atoms with E-state index in [4.69, 9.17) is 45.3 Å². The lowest BCUT2D eigenvalue weighted by Crippen LogP contribution is -2.04. The van der Waals surface area contributed by atoms with Crippen molar-refractivity contribution in [2.45, 2.75) is 6.54 Å². The minimum absolute atomic E-state index is 0.124. The first-order chi connectivity index (χ1) is 10.5. The largest absolute Gasteiger partial charge is 0.316 e. The third kappa shape index (κ3) is 2.90. The number of nitriles is 2. The van der Waals surface area contributed by atoms with Crippen molar-refractivity contribution in [3.8, 4) is 12.1 Å². The van der Waals surface area contributed by atoms with Crippen molar-refractivity contribution in [3.05, 3.63) is 61.6 Å². The normalized spacial score (nSPS) is 14.2. The van der Waals surface area contributed by atoms with Crippen LogP contribution in [0, 0.1) is 22.7 Å². The van der Waals surface area contributed by atoms with Crippen molar-refractivity contribution in [2.75, 3.05) is 7.05 Å². The first kappa shape index (κ1) is 16.6. The average Bonchev–Trinajstić information content (AvgIpc) is 2.74. The van der Waals surface area contributed by atoms with E-state index in [0.717, 1.165) is 17.7 Å². The highest BCUT2D eigenvalue weighted by molar-refractivity contribution is 6.52. The predicted molar refractivity (Wildman–Crippen MR) is 89.0 cm³/mol. The highest BCUT2D eigenvalue weighted by atomic mass is 35.5. The molecular weight excluding hydrogens is 341 g/mol. The van der Waals surface area contributed by atoms with Crippen LogP contribution < -0.4 is 5.32 Å². The van der Waals surface area contributed by atoms with Crippen molar-refractivity contribution >= 4 is 40.4 Å². The van der Waals surface area contributed by atoms with E-state index in [0.29, 0.717) is 5.57 Å². The van der Waals surface area contributed by atoms with E-state index in [1.165, 1.54) is 0 Å². The van der Waals surface area contributed by atoms with Gasteiger partial charge in [0.25, 0.3) is 0 Å². The van der Waals surface area contributed by atoms with Gasteiger partial charge in [-0.25, -0.2) is 0 Å². The van der Waals surface area contributed by atoms with Gasteiger partial charge in [-0.05, 0) is 18.2 Å². The molecule has 3 nitrogen and oxygen atoms in total. The molecule has 22 heavy (non-hydrogen) atoms. The monoisotopic (exact) mass is 349 g/mol. The van der Waals surface area contributed by atoms with Gasteiger partial charge >= 0.3 is 0 Å². The van der Waals surface area contributed by atoms with Crippen molar-refractivity contribution in [3.63, 3.8) is 0 Å². The first-order valence-corrected chi connectivity index (χ1v) is 7.43. The van der Waals surface area contributed by atoms with Crippen LogP contribution in [0.1, 0.15) is 11.1 Å². The van der Waals surface area contributed by atoms with Crippen LogP contribution in [0.4, 0.5) is 0 Å². The molecule has 0 fully saturated rings. The summed E-state index contributed by atoms with van der Waals surface area (Å²) < 4.78 is 0. The van der Waals surface area contributed by atoms with Gasteiger partial charge in [0.1, 0.15) is 17.7 Å². The number of allylic oxidation sites excluding steroid dienone is 6. The van der Waals surface area contributed by atoms with Crippen LogP contribution in [0.15, 0.2) is 50.5 Å². The molecule has 0 spiro atoms. The average molecular weight is 351 g/mol. The molecule has 1 aromatic carbocycles. The third-order valence-electron chi connectivity index (χ3n) is 3.17. The number of halogens is 3. The molecule has 1 aromatic rings. The summed E-state index contributed by atoms with van der Waals surface area (Å²) in [6, 6.07) is 11.2. The van der Waals surface area contributed by atoms with Gasteiger partial charge in [0.2, 0.25) is 0 Å². The molecule has 0 saturated heterocycles. The maximum atomic E-state index is 9.02. The maximum Gasteiger partial charge on any atom is 0.139 e. The zero-order chi connectivity index (χ0) is 16.3. The van der Waals surface area contributed by atoms with Crippen molar-refractivity contribution in [1.82, 2.24) is 5.32 Å². The van der Waals surface area contributed by atoms with Crippen molar-refractivity contribution < 1.29 is 0 Å². The molecule has 0 amide bonds. The Kier molecular flexibility index (Phi) is 5.29. The van der Waals surface area contributed by atoms with Crippen LogP contribution in [-0.2, 0) is 6.54 Å². The number of benzene rings is 1. The molecule has 0 aliphatic heterocycles. The molecule has 0 atom stereocenters. The Morgan fingerprint density at radius 2 is 1.59 bits per heavy atom. The second-order valence-electron chi connectivity index (χ2n) is 4.52. The molecule has 0 aromatic heterocycles. The van der Waals surface area contributed by atoms with E-state index in [1.54, 1.807) is 12.1 Å². The van der Waals surface area contributed by atoms with Crippen LogP contribution in [-0.4, -0.2) is 7.05 Å². The van der Waals surface area contributed by atoms with Gasteiger partial charge in [-0.15, -0.1) is 0 Å². The molecule has 0 bridgehead atoms.